The van der Waals surface area contributed by atoms with Crippen molar-refractivity contribution >= 4 is 44.0 Å². The summed E-state index contributed by atoms with van der Waals surface area (Å²) in [6.07, 6.45) is 9.35. The topological polar surface area (TPSA) is 213 Å². The maximum Gasteiger partial charge on any atom is 0.364 e. The Balaban J connectivity index is 0.000000185. The molecule has 0 saturated heterocycles. The Labute approximate surface area is 447 Å². The maximum absolute atomic E-state index is 12.3. The number of carboxylic acids is 2. The zero-order valence-corrected chi connectivity index (χ0v) is 46.4. The van der Waals surface area contributed by atoms with Gasteiger partial charge < -0.3 is 48.2 Å². The number of carbonyl (C=O) groups is 2. The largest absolute Gasteiger partial charge is 0.549 e. The molecule has 0 spiro atoms. The monoisotopic (exact) mass is 1070 g/mol. The quantitative estimate of drug-likeness (QED) is 0.0495. The van der Waals surface area contributed by atoms with Crippen LogP contribution >= 0.6 is 0 Å². The smallest absolute Gasteiger partial charge is 0.364 e. The molecule has 0 aliphatic heterocycles. The maximum atomic E-state index is 12.3. The molecule has 6 aromatic rings. The van der Waals surface area contributed by atoms with Crippen molar-refractivity contribution < 1.29 is 70.0 Å². The van der Waals surface area contributed by atoms with Gasteiger partial charge in [0.1, 0.15) is 16.7 Å². The first kappa shape index (κ1) is 58.6. The molecule has 1 N–H and O–H groups in total. The fourth-order valence-corrected chi connectivity index (χ4v) is 11.9. The van der Waals surface area contributed by atoms with Crippen LogP contribution in [-0.2, 0) is 45.4 Å². The number of unbranched alkanes of at least 4 members (excludes halogenated alkanes) is 2. The summed E-state index contributed by atoms with van der Waals surface area (Å²) < 4.78 is 78.2. The summed E-state index contributed by atoms with van der Waals surface area (Å²) in [5, 5.41) is 23.5. The molecule has 3 atom stereocenters. The number of methoxy groups -OCH3 is 6. The van der Waals surface area contributed by atoms with Crippen molar-refractivity contribution in [1.29, 1.82) is 0 Å². The van der Waals surface area contributed by atoms with Crippen molar-refractivity contribution in [3.63, 3.8) is 0 Å². The van der Waals surface area contributed by atoms with Crippen molar-refractivity contribution in [2.45, 2.75) is 123 Å². The highest BCUT2D eigenvalue weighted by atomic mass is 32.2. The van der Waals surface area contributed by atoms with Gasteiger partial charge in [0.25, 0.3) is 10.1 Å². The van der Waals surface area contributed by atoms with E-state index in [0.29, 0.717) is 48.7 Å². The number of aryl methyl sites for hydroxylation is 4. The van der Waals surface area contributed by atoms with Crippen molar-refractivity contribution in [3.05, 3.63) is 95.1 Å². The summed E-state index contributed by atoms with van der Waals surface area (Å²) in [5.41, 5.74) is 6.55. The van der Waals surface area contributed by atoms with Gasteiger partial charge in [-0.1, -0.05) is 79.1 Å². The SMILES string of the molecule is CCCCC(CC)CC(CC(CC)CCCC)(C(=O)[O-])C(C(=O)[O-])S(=O)(=O)O.COc1ccc2c(c1)CCc1cc3cc(OC)c(OC)cc3[o+]c1-2.COc1ccc2c(c1)CCc1cc3cc(OC)c(OC)cc3[o+]c1-2. The molecule has 4 aromatic carbocycles. The molecule has 2 aliphatic carbocycles. The van der Waals surface area contributed by atoms with Crippen LogP contribution in [0.2, 0.25) is 0 Å². The molecule has 410 valence electrons. The zero-order valence-electron chi connectivity index (χ0n) is 45.6. The lowest BCUT2D eigenvalue weighted by Gasteiger charge is -2.44. The fourth-order valence-electron chi connectivity index (χ4n) is 10.7. The normalized spacial score (nSPS) is 14.3. The Bertz CT molecular complexity index is 2920. The van der Waals surface area contributed by atoms with Gasteiger partial charge in [-0.3, -0.25) is 4.55 Å². The fraction of sp³-hybridized carbons (Fsp3) is 0.467. The first-order chi connectivity index (χ1) is 36.5. The second-order valence-electron chi connectivity index (χ2n) is 19.6. The molecule has 2 heterocycles. The minimum Gasteiger partial charge on any atom is -0.549 e. The van der Waals surface area contributed by atoms with Crippen LogP contribution in [0.1, 0.15) is 114 Å². The van der Waals surface area contributed by atoms with Crippen molar-refractivity contribution in [3.8, 4) is 57.1 Å². The summed E-state index contributed by atoms with van der Waals surface area (Å²) >= 11 is 0. The van der Waals surface area contributed by atoms with Crippen molar-refractivity contribution in [2.75, 3.05) is 42.7 Å². The molecule has 76 heavy (non-hydrogen) atoms. The first-order valence-electron chi connectivity index (χ1n) is 26.2. The lowest BCUT2D eigenvalue weighted by Crippen LogP contribution is -2.60. The number of fused-ring (bicyclic) bond motifs is 8. The van der Waals surface area contributed by atoms with Gasteiger partial charge in [-0.05, 0) is 110 Å². The van der Waals surface area contributed by atoms with E-state index in [4.69, 9.17) is 37.3 Å². The van der Waals surface area contributed by atoms with Gasteiger partial charge in [-0.2, -0.15) is 8.42 Å². The Hall–Kier alpha value is -6.65. The highest BCUT2D eigenvalue weighted by molar-refractivity contribution is 7.87. The van der Waals surface area contributed by atoms with E-state index in [9.17, 15) is 32.8 Å². The van der Waals surface area contributed by atoms with Crippen LogP contribution in [0.15, 0.2) is 81.6 Å². The number of rotatable bonds is 22. The molecular weight excluding hydrogens is 993 g/mol. The van der Waals surface area contributed by atoms with E-state index in [2.05, 4.69) is 36.4 Å². The van der Waals surface area contributed by atoms with Gasteiger partial charge in [0.05, 0.1) is 93.8 Å². The van der Waals surface area contributed by atoms with E-state index >= 15 is 0 Å². The molecule has 0 saturated carbocycles. The van der Waals surface area contributed by atoms with Gasteiger partial charge in [-0.15, -0.1) is 0 Å². The average molecular weight is 1070 g/mol. The minimum absolute atomic E-state index is 0.174. The van der Waals surface area contributed by atoms with Crippen LogP contribution in [0.4, 0.5) is 0 Å². The summed E-state index contributed by atoms with van der Waals surface area (Å²) in [7, 11) is 4.72. The first-order valence-corrected chi connectivity index (χ1v) is 27.7. The third kappa shape index (κ3) is 13.3. The second kappa shape index (κ2) is 26.4. The molecule has 15 nitrogen and oxygen atoms in total. The van der Waals surface area contributed by atoms with E-state index in [1.54, 1.807) is 42.7 Å². The van der Waals surface area contributed by atoms with Crippen molar-refractivity contribution in [1.82, 2.24) is 0 Å². The lowest BCUT2D eigenvalue weighted by atomic mass is 9.68. The van der Waals surface area contributed by atoms with E-state index in [1.807, 2.05) is 64.1 Å². The number of hydrogen-bond acceptors (Lipinski definition) is 12. The van der Waals surface area contributed by atoms with Gasteiger partial charge in [0.15, 0.2) is 23.0 Å². The number of benzene rings is 4. The van der Waals surface area contributed by atoms with E-state index in [1.165, 1.54) is 22.3 Å². The van der Waals surface area contributed by atoms with Crippen LogP contribution in [0.3, 0.4) is 0 Å². The molecule has 16 heteroatoms. The van der Waals surface area contributed by atoms with E-state index < -0.39 is 32.7 Å². The van der Waals surface area contributed by atoms with Crippen LogP contribution in [-0.4, -0.2) is 72.8 Å². The van der Waals surface area contributed by atoms with Gasteiger partial charge in [0, 0.05) is 23.5 Å². The highest BCUT2D eigenvalue weighted by Gasteiger charge is 2.50. The molecule has 3 unspecified atom stereocenters. The molecule has 0 fully saturated rings. The number of ether oxygens (including phenoxy) is 6. The lowest BCUT2D eigenvalue weighted by molar-refractivity contribution is -0.329. The third-order valence-corrected chi connectivity index (χ3v) is 16.2. The number of carboxylic acid groups (broad SMARTS) is 2. The van der Waals surface area contributed by atoms with Crippen LogP contribution in [0, 0.1) is 17.3 Å². The standard InChI is InChI=1S/C20H38O7S.2C20H19O4/c1-5-9-11-15(7-3)13-20(19(23)24,14-16(8-4)12-10-6-2)17(18(21)22)28(25,26)27;2*1-21-15-6-7-16-12(9-15)4-5-13-8-14-10-18(22-2)19(23-3)11-17(14)24-20(13)16/h15-17H,5-14H2,1-4H3,(H,21,22)(H,23,24)(H,25,26,27);2*6-11H,4-5H2,1-3H3/q;2*+1/p-2. The number of hydrogen-bond donors (Lipinski definition) is 1. The predicted octanol–water partition coefficient (Wildman–Crippen LogP) is 11.0. The Kier molecular flexibility index (Phi) is 20.4. The minimum atomic E-state index is -5.20. The molecule has 2 aromatic heterocycles. The summed E-state index contributed by atoms with van der Waals surface area (Å²) in [4.78, 5) is 24.0. The Morgan fingerprint density at radius 3 is 1.26 bits per heavy atom. The highest BCUT2D eigenvalue weighted by Crippen LogP contribution is 2.45. The average Bonchev–Trinajstić information content (AvgIpc) is 3.42. The Morgan fingerprint density at radius 2 is 0.947 bits per heavy atom. The second-order valence-corrected chi connectivity index (χ2v) is 21.1. The molecule has 2 aliphatic rings. The molecule has 0 amide bonds. The third-order valence-electron chi connectivity index (χ3n) is 15.0. The summed E-state index contributed by atoms with van der Waals surface area (Å²) in [5.74, 6) is 2.15. The summed E-state index contributed by atoms with van der Waals surface area (Å²) in [6.45, 7) is 7.68. The number of aliphatic carboxylic acids is 2. The molecular formula is C60H74O15S. The predicted molar refractivity (Wildman–Crippen MR) is 290 cm³/mol. The van der Waals surface area contributed by atoms with Gasteiger partial charge in [-0.25, -0.2) is 8.83 Å². The molecule has 8 rings (SSSR count). The van der Waals surface area contributed by atoms with Crippen LogP contribution in [0.25, 0.3) is 44.6 Å². The summed E-state index contributed by atoms with van der Waals surface area (Å²) in [6, 6.07) is 24.3. The Morgan fingerprint density at radius 1 is 0.566 bits per heavy atom. The van der Waals surface area contributed by atoms with E-state index in [0.717, 1.165) is 107 Å². The van der Waals surface area contributed by atoms with Crippen LogP contribution < -0.4 is 38.6 Å². The van der Waals surface area contributed by atoms with Gasteiger partial charge >= 0.3 is 22.7 Å². The van der Waals surface area contributed by atoms with Gasteiger partial charge in [0.2, 0.25) is 0 Å². The van der Waals surface area contributed by atoms with Crippen molar-refractivity contribution in [2.24, 2.45) is 17.3 Å². The molecule has 0 bridgehead atoms. The number of carbonyl (C=O) groups excluding carboxylic acids is 2. The molecule has 0 radical (unpaired) electrons. The van der Waals surface area contributed by atoms with E-state index in [-0.39, 0.29) is 24.7 Å². The zero-order chi connectivity index (χ0) is 55.3. The van der Waals surface area contributed by atoms with Crippen LogP contribution in [0.5, 0.6) is 34.5 Å².